The average molecular weight is 298 g/mol. The summed E-state index contributed by atoms with van der Waals surface area (Å²) in [6.07, 6.45) is 1.05. The summed E-state index contributed by atoms with van der Waals surface area (Å²) in [7, 11) is 0. The molecule has 2 aromatic rings. The molecule has 1 aromatic carbocycles. The molecule has 3 rings (SSSR count). The van der Waals surface area contributed by atoms with Gasteiger partial charge in [-0.15, -0.1) is 0 Å². The highest BCUT2D eigenvalue weighted by Crippen LogP contribution is 2.21. The number of aromatic nitrogens is 2. The Hall–Kier alpha value is -2.14. The van der Waals surface area contributed by atoms with Crippen LogP contribution in [0.2, 0.25) is 0 Å². The predicted octanol–water partition coefficient (Wildman–Crippen LogP) is 2.93. The van der Waals surface area contributed by atoms with Gasteiger partial charge in [-0.05, 0) is 31.0 Å². The maximum absolute atomic E-state index is 5.40. The first kappa shape index (κ1) is 14.8. The smallest absolute Gasteiger partial charge is 0.136 e. The van der Waals surface area contributed by atoms with Crippen LogP contribution < -0.4 is 10.2 Å². The van der Waals surface area contributed by atoms with Gasteiger partial charge in [-0.3, -0.25) is 0 Å². The van der Waals surface area contributed by atoms with E-state index in [1.54, 1.807) is 0 Å². The molecule has 1 saturated heterocycles. The molecule has 0 atom stereocenters. The van der Waals surface area contributed by atoms with Crippen LogP contribution in [0.25, 0.3) is 0 Å². The molecule has 5 nitrogen and oxygen atoms in total. The maximum atomic E-state index is 5.40. The lowest BCUT2D eigenvalue weighted by atomic mass is 10.1. The fraction of sp³-hybridized carbons (Fsp3) is 0.412. The predicted molar refractivity (Wildman–Crippen MR) is 88.9 cm³/mol. The second kappa shape index (κ2) is 6.75. The summed E-state index contributed by atoms with van der Waals surface area (Å²) in [6.45, 7) is 7.34. The first-order chi connectivity index (χ1) is 10.7. The number of benzene rings is 1. The van der Waals surface area contributed by atoms with Crippen LogP contribution in [0.4, 0.5) is 17.3 Å². The van der Waals surface area contributed by atoms with E-state index < -0.39 is 0 Å². The van der Waals surface area contributed by atoms with Crippen molar-refractivity contribution in [1.82, 2.24) is 9.97 Å². The van der Waals surface area contributed by atoms with Crippen molar-refractivity contribution in [1.29, 1.82) is 0 Å². The lowest BCUT2D eigenvalue weighted by Gasteiger charge is -2.28. The summed E-state index contributed by atoms with van der Waals surface area (Å²) in [5.41, 5.74) is 2.38. The summed E-state index contributed by atoms with van der Waals surface area (Å²) in [6, 6.07) is 10.5. The Morgan fingerprint density at radius 2 is 1.86 bits per heavy atom. The number of nitrogens with one attached hydrogen (secondary N) is 1. The molecule has 1 fully saturated rings. The number of aryl methyl sites for hydroxylation is 2. The summed E-state index contributed by atoms with van der Waals surface area (Å²) >= 11 is 0. The van der Waals surface area contributed by atoms with E-state index in [-0.39, 0.29) is 0 Å². The molecular weight excluding hydrogens is 276 g/mol. The molecule has 5 heteroatoms. The summed E-state index contributed by atoms with van der Waals surface area (Å²) in [5, 5.41) is 3.37. The van der Waals surface area contributed by atoms with Gasteiger partial charge in [0, 0.05) is 24.8 Å². The third kappa shape index (κ3) is 3.54. The van der Waals surface area contributed by atoms with Crippen molar-refractivity contribution in [3.05, 3.63) is 41.7 Å². The van der Waals surface area contributed by atoms with E-state index in [1.165, 1.54) is 5.56 Å². The summed E-state index contributed by atoms with van der Waals surface area (Å²) in [5.74, 6) is 2.57. The van der Waals surface area contributed by atoms with Crippen LogP contribution in [-0.2, 0) is 11.2 Å². The van der Waals surface area contributed by atoms with Crippen molar-refractivity contribution in [2.45, 2.75) is 20.3 Å². The van der Waals surface area contributed by atoms with Crippen molar-refractivity contribution in [2.24, 2.45) is 0 Å². The quantitative estimate of drug-likeness (QED) is 0.940. The zero-order valence-corrected chi connectivity index (χ0v) is 13.2. The third-order valence-electron chi connectivity index (χ3n) is 3.79. The first-order valence-electron chi connectivity index (χ1n) is 7.79. The number of ether oxygens (including phenoxy) is 1. The normalized spacial score (nSPS) is 14.9. The monoisotopic (exact) mass is 298 g/mol. The fourth-order valence-electron chi connectivity index (χ4n) is 2.54. The SMILES string of the molecule is CCc1ccc(Nc2cc(N3CCOCC3)nc(C)n2)cc1. The highest BCUT2D eigenvalue weighted by atomic mass is 16.5. The van der Waals surface area contributed by atoms with E-state index in [0.717, 1.165) is 55.9 Å². The molecule has 1 N–H and O–H groups in total. The molecule has 0 unspecified atom stereocenters. The van der Waals surface area contributed by atoms with Crippen LogP contribution in [0.3, 0.4) is 0 Å². The summed E-state index contributed by atoms with van der Waals surface area (Å²) < 4.78 is 5.40. The Morgan fingerprint density at radius 3 is 2.55 bits per heavy atom. The lowest BCUT2D eigenvalue weighted by Crippen LogP contribution is -2.36. The molecule has 0 aliphatic carbocycles. The highest BCUT2D eigenvalue weighted by molar-refractivity contribution is 5.60. The molecule has 1 aliphatic heterocycles. The van der Waals surface area contributed by atoms with Gasteiger partial charge in [0.15, 0.2) is 0 Å². The molecule has 0 bridgehead atoms. The van der Waals surface area contributed by atoms with E-state index >= 15 is 0 Å². The molecule has 116 valence electrons. The number of rotatable bonds is 4. The van der Waals surface area contributed by atoms with Gasteiger partial charge >= 0.3 is 0 Å². The van der Waals surface area contributed by atoms with E-state index in [4.69, 9.17) is 4.74 Å². The van der Waals surface area contributed by atoms with Crippen LogP contribution in [0, 0.1) is 6.92 Å². The third-order valence-corrected chi connectivity index (χ3v) is 3.79. The van der Waals surface area contributed by atoms with Crippen molar-refractivity contribution >= 4 is 17.3 Å². The standard InChI is InChI=1S/C17H22N4O/c1-3-14-4-6-15(7-5-14)20-16-12-17(19-13(2)18-16)21-8-10-22-11-9-21/h4-7,12H,3,8-11H2,1-2H3,(H,18,19,20). The molecule has 1 aromatic heterocycles. The second-order valence-corrected chi connectivity index (χ2v) is 5.43. The van der Waals surface area contributed by atoms with Crippen LogP contribution in [0.1, 0.15) is 18.3 Å². The Kier molecular flexibility index (Phi) is 4.53. The first-order valence-corrected chi connectivity index (χ1v) is 7.79. The molecule has 2 heterocycles. The Morgan fingerprint density at radius 1 is 1.14 bits per heavy atom. The summed E-state index contributed by atoms with van der Waals surface area (Å²) in [4.78, 5) is 11.3. The van der Waals surface area contributed by atoms with Crippen LogP contribution in [-0.4, -0.2) is 36.3 Å². The minimum absolute atomic E-state index is 0.754. The largest absolute Gasteiger partial charge is 0.378 e. The van der Waals surface area contributed by atoms with Crippen molar-refractivity contribution in [3.8, 4) is 0 Å². The van der Waals surface area contributed by atoms with Crippen molar-refractivity contribution in [3.63, 3.8) is 0 Å². The Balaban J connectivity index is 1.79. The number of nitrogens with zero attached hydrogens (tertiary/aromatic N) is 3. The minimum Gasteiger partial charge on any atom is -0.378 e. The lowest BCUT2D eigenvalue weighted by molar-refractivity contribution is 0.122. The van der Waals surface area contributed by atoms with Gasteiger partial charge in [-0.1, -0.05) is 19.1 Å². The zero-order valence-electron chi connectivity index (χ0n) is 13.2. The van der Waals surface area contributed by atoms with Crippen molar-refractivity contribution in [2.75, 3.05) is 36.5 Å². The molecule has 1 aliphatic rings. The topological polar surface area (TPSA) is 50.3 Å². The molecule has 0 amide bonds. The van der Waals surface area contributed by atoms with Gasteiger partial charge in [-0.2, -0.15) is 0 Å². The van der Waals surface area contributed by atoms with Gasteiger partial charge in [0.2, 0.25) is 0 Å². The molecule has 0 spiro atoms. The van der Waals surface area contributed by atoms with E-state index in [2.05, 4.69) is 51.4 Å². The molecular formula is C17H22N4O. The molecule has 22 heavy (non-hydrogen) atoms. The maximum Gasteiger partial charge on any atom is 0.136 e. The van der Waals surface area contributed by atoms with Gasteiger partial charge in [-0.25, -0.2) is 9.97 Å². The van der Waals surface area contributed by atoms with Gasteiger partial charge in [0.1, 0.15) is 17.5 Å². The van der Waals surface area contributed by atoms with Crippen molar-refractivity contribution < 1.29 is 4.74 Å². The van der Waals surface area contributed by atoms with E-state index in [9.17, 15) is 0 Å². The van der Waals surface area contributed by atoms with Crippen LogP contribution in [0.15, 0.2) is 30.3 Å². The second-order valence-electron chi connectivity index (χ2n) is 5.43. The van der Waals surface area contributed by atoms with Gasteiger partial charge in [0.05, 0.1) is 13.2 Å². The van der Waals surface area contributed by atoms with E-state index in [0.29, 0.717) is 0 Å². The Labute approximate surface area is 131 Å². The van der Waals surface area contributed by atoms with Gasteiger partial charge < -0.3 is 15.0 Å². The number of hydrogen-bond donors (Lipinski definition) is 1. The Bertz CT molecular complexity index is 621. The van der Waals surface area contributed by atoms with Crippen LogP contribution in [0.5, 0.6) is 0 Å². The highest BCUT2D eigenvalue weighted by Gasteiger charge is 2.14. The molecule has 0 radical (unpaired) electrons. The van der Waals surface area contributed by atoms with Crippen LogP contribution >= 0.6 is 0 Å². The van der Waals surface area contributed by atoms with Gasteiger partial charge in [0.25, 0.3) is 0 Å². The fourth-order valence-corrected chi connectivity index (χ4v) is 2.54. The number of morpholine rings is 1. The minimum atomic E-state index is 0.754. The zero-order chi connectivity index (χ0) is 15.4. The number of anilines is 3. The number of hydrogen-bond acceptors (Lipinski definition) is 5. The van der Waals surface area contributed by atoms with E-state index in [1.807, 2.05) is 13.0 Å². The average Bonchev–Trinajstić information content (AvgIpc) is 2.56. The molecule has 0 saturated carbocycles.